The molecular formula is C36H56N9O12P. The largest absolute Gasteiger partial charge is 0.472 e. The number of anilines is 1. The number of aromatic nitrogens is 2. The minimum Gasteiger partial charge on any atom is -0.394 e. The van der Waals surface area contributed by atoms with Crippen LogP contribution in [0, 0.1) is 5.92 Å². The van der Waals surface area contributed by atoms with Crippen LogP contribution in [0.4, 0.5) is 5.69 Å². The van der Waals surface area contributed by atoms with Crippen molar-refractivity contribution < 1.29 is 57.1 Å². The number of ether oxygens (including phenoxy) is 1. The van der Waals surface area contributed by atoms with Crippen molar-refractivity contribution in [3.05, 3.63) is 48.5 Å². The van der Waals surface area contributed by atoms with E-state index in [1.54, 1.807) is 24.3 Å². The highest BCUT2D eigenvalue weighted by Gasteiger charge is 2.38. The number of nitrogens with one attached hydrogen (secondary N) is 5. The average molecular weight is 838 g/mol. The molecule has 0 spiro atoms. The molecule has 2 heterocycles. The number of likely N-dealkylation sites (tertiary alicyclic amines) is 1. The van der Waals surface area contributed by atoms with Crippen LogP contribution in [0.1, 0.15) is 59.1 Å². The molecule has 58 heavy (non-hydrogen) atoms. The van der Waals surface area contributed by atoms with Gasteiger partial charge in [0.2, 0.25) is 35.4 Å². The number of nitrogens with zero attached hydrogens (tertiary/aromatic N) is 3. The number of phosphoric acid groups is 1. The van der Waals surface area contributed by atoms with Gasteiger partial charge in [-0.2, -0.15) is 0 Å². The average Bonchev–Trinajstić information content (AvgIpc) is 3.84. The molecule has 0 bridgehead atoms. The lowest BCUT2D eigenvalue weighted by molar-refractivity contribution is -0.139. The van der Waals surface area contributed by atoms with Crippen molar-refractivity contribution in [2.24, 2.45) is 11.7 Å². The van der Waals surface area contributed by atoms with Gasteiger partial charge in [0.1, 0.15) is 36.5 Å². The van der Waals surface area contributed by atoms with Gasteiger partial charge in [0, 0.05) is 33.6 Å². The normalized spacial score (nSPS) is 17.6. The summed E-state index contributed by atoms with van der Waals surface area (Å²) in [5.74, 6) is -4.87. The molecule has 322 valence electrons. The quantitative estimate of drug-likeness (QED) is 0.0481. The summed E-state index contributed by atoms with van der Waals surface area (Å²) >= 11 is 0. The van der Waals surface area contributed by atoms with Crippen LogP contribution in [0.25, 0.3) is 0 Å². The van der Waals surface area contributed by atoms with E-state index < -0.39 is 80.3 Å². The third-order valence-corrected chi connectivity index (χ3v) is 10.1. The van der Waals surface area contributed by atoms with E-state index in [0.29, 0.717) is 30.8 Å². The molecule has 6 amide bonds. The highest BCUT2D eigenvalue weighted by molar-refractivity contribution is 7.47. The number of aliphatic hydroxyl groups is 1. The fraction of sp³-hybridized carbons (Fsp3) is 0.583. The van der Waals surface area contributed by atoms with Gasteiger partial charge in [-0.3, -0.25) is 43.2 Å². The lowest BCUT2D eigenvalue weighted by Gasteiger charge is -2.28. The third-order valence-electron chi connectivity index (χ3n) is 9.02. The van der Waals surface area contributed by atoms with Crippen molar-refractivity contribution in [1.29, 1.82) is 0 Å². The molecule has 0 aliphatic carbocycles. The Balaban J connectivity index is 1.85. The molecule has 0 saturated carbocycles. The monoisotopic (exact) mass is 837 g/mol. The first-order chi connectivity index (χ1) is 27.5. The fourth-order valence-electron chi connectivity index (χ4n) is 6.13. The van der Waals surface area contributed by atoms with Gasteiger partial charge in [-0.15, -0.1) is 0 Å². The first-order valence-corrected chi connectivity index (χ1v) is 20.3. The highest BCUT2D eigenvalue weighted by Crippen LogP contribution is 2.45. The SMILES string of the molecule is COCCCOP(=O)(O)O[C@H](C)[C@H](NC(=O)[C@H](CO)NC(=O)[C@H](Cc1cncn1Nc1ccccc1)NC(=O)[C@H](CC(C)C)NC(=O)[C@@H]1CCCN1C(C)=O)C(N)=O. The summed E-state index contributed by atoms with van der Waals surface area (Å²) < 4.78 is 28.7. The van der Waals surface area contributed by atoms with Crippen LogP contribution in [-0.4, -0.2) is 130 Å². The molecule has 1 saturated heterocycles. The summed E-state index contributed by atoms with van der Waals surface area (Å²) in [6.07, 6.45) is 2.61. The minimum absolute atomic E-state index is 0.0960. The van der Waals surface area contributed by atoms with Crippen LogP contribution in [0.15, 0.2) is 42.9 Å². The smallest absolute Gasteiger partial charge is 0.394 e. The maximum Gasteiger partial charge on any atom is 0.472 e. The van der Waals surface area contributed by atoms with Crippen molar-refractivity contribution in [3.63, 3.8) is 0 Å². The number of nitrogens with two attached hydrogens (primary N) is 1. The molecular weight excluding hydrogens is 781 g/mol. The summed E-state index contributed by atoms with van der Waals surface area (Å²) in [6.45, 7) is 5.65. The first-order valence-electron chi connectivity index (χ1n) is 18.8. The molecule has 2 aromatic rings. The van der Waals surface area contributed by atoms with E-state index in [9.17, 15) is 43.3 Å². The second-order valence-electron chi connectivity index (χ2n) is 14.2. The predicted molar refractivity (Wildman–Crippen MR) is 208 cm³/mol. The van der Waals surface area contributed by atoms with Gasteiger partial charge >= 0.3 is 7.82 Å². The van der Waals surface area contributed by atoms with E-state index in [1.807, 2.05) is 19.9 Å². The van der Waals surface area contributed by atoms with Crippen molar-refractivity contribution in [2.75, 3.05) is 38.9 Å². The van der Waals surface area contributed by atoms with Gasteiger partial charge in [-0.25, -0.2) is 14.2 Å². The number of phosphoric ester groups is 1. The van der Waals surface area contributed by atoms with E-state index in [-0.39, 0.29) is 44.3 Å². The van der Waals surface area contributed by atoms with E-state index >= 15 is 0 Å². The molecule has 21 nitrogen and oxygen atoms in total. The Morgan fingerprint density at radius 1 is 0.966 bits per heavy atom. The zero-order valence-corrected chi connectivity index (χ0v) is 34.2. The zero-order valence-electron chi connectivity index (χ0n) is 33.3. The Hall–Kier alpha value is -4.92. The topological polar surface area (TPSA) is 295 Å². The molecule has 1 aliphatic heterocycles. The van der Waals surface area contributed by atoms with Crippen LogP contribution in [0.3, 0.4) is 0 Å². The van der Waals surface area contributed by atoms with Crippen LogP contribution in [0.5, 0.6) is 0 Å². The molecule has 9 N–H and O–H groups in total. The van der Waals surface area contributed by atoms with Crippen LogP contribution in [-0.2, 0) is 53.5 Å². The van der Waals surface area contributed by atoms with E-state index in [0.717, 1.165) is 0 Å². The van der Waals surface area contributed by atoms with Crippen molar-refractivity contribution in [2.45, 2.75) is 96.1 Å². The Bertz CT molecular complexity index is 1750. The van der Waals surface area contributed by atoms with Gasteiger partial charge in [-0.05, 0) is 50.7 Å². The number of benzene rings is 1. The molecule has 0 radical (unpaired) electrons. The molecule has 22 heteroatoms. The number of carbonyl (C=O) groups excluding carboxylic acids is 6. The Labute approximate surface area is 336 Å². The molecule has 7 atom stereocenters. The number of para-hydroxylation sites is 1. The van der Waals surface area contributed by atoms with Gasteiger partial charge in [0.25, 0.3) is 0 Å². The molecule has 1 aliphatic rings. The van der Waals surface area contributed by atoms with Crippen molar-refractivity contribution in [3.8, 4) is 0 Å². The lowest BCUT2D eigenvalue weighted by Crippen LogP contribution is -2.61. The fourth-order valence-corrected chi connectivity index (χ4v) is 7.09. The van der Waals surface area contributed by atoms with Gasteiger partial charge < -0.3 is 46.6 Å². The lowest BCUT2D eigenvalue weighted by atomic mass is 10.0. The summed E-state index contributed by atoms with van der Waals surface area (Å²) in [7, 11) is -3.30. The summed E-state index contributed by atoms with van der Waals surface area (Å²) in [4.78, 5) is 95.0. The molecule has 1 aromatic heterocycles. The standard InChI is InChI=1S/C36H56N9O12P/c1-22(2)17-27(40-36(52)30-13-9-14-44(30)24(4)47)33(49)39-28(18-26-19-38-21-45(26)43-25-11-7-6-8-12-25)34(50)41-29(20-46)35(51)42-31(32(37)48)23(3)57-58(53,54)56-16-10-15-55-5/h6-8,11-12,19,21-23,27-31,43,46H,9-10,13-18,20H2,1-5H3,(H2,37,48)(H,39,49)(H,40,52)(H,41,50)(H,42,51)(H,53,54)/t23-,27+,28+,29+,30+,31+/m1/s1. The Morgan fingerprint density at radius 3 is 2.24 bits per heavy atom. The summed E-state index contributed by atoms with van der Waals surface area (Å²) in [6, 6.07) is 2.20. The van der Waals surface area contributed by atoms with Crippen LogP contribution < -0.4 is 32.4 Å². The van der Waals surface area contributed by atoms with Crippen molar-refractivity contribution >= 4 is 49.0 Å². The van der Waals surface area contributed by atoms with E-state index in [4.69, 9.17) is 19.5 Å². The first kappa shape index (κ1) is 47.5. The maximum atomic E-state index is 14.0. The Morgan fingerprint density at radius 2 is 1.62 bits per heavy atom. The number of amides is 6. The number of hydrogen-bond acceptors (Lipinski definition) is 13. The van der Waals surface area contributed by atoms with E-state index in [2.05, 4.69) is 31.7 Å². The van der Waals surface area contributed by atoms with Crippen LogP contribution in [0.2, 0.25) is 0 Å². The Kier molecular flexibility index (Phi) is 18.7. The number of rotatable bonds is 24. The number of imidazole rings is 1. The summed E-state index contributed by atoms with van der Waals surface area (Å²) in [5, 5.41) is 20.2. The van der Waals surface area contributed by atoms with Crippen molar-refractivity contribution in [1.82, 2.24) is 35.8 Å². The van der Waals surface area contributed by atoms with Crippen LogP contribution >= 0.6 is 7.82 Å². The summed E-state index contributed by atoms with van der Waals surface area (Å²) in [5.41, 5.74) is 9.67. The number of methoxy groups -OCH3 is 1. The molecule has 3 rings (SSSR count). The number of primary amides is 1. The molecule has 1 fully saturated rings. The molecule has 1 unspecified atom stereocenters. The zero-order chi connectivity index (χ0) is 43.0. The van der Waals surface area contributed by atoms with Gasteiger partial charge in [0.15, 0.2) is 0 Å². The number of carbonyl (C=O) groups is 6. The van der Waals surface area contributed by atoms with Gasteiger partial charge in [0.05, 0.1) is 36.9 Å². The number of aliphatic hydroxyl groups excluding tert-OH is 1. The van der Waals surface area contributed by atoms with Gasteiger partial charge in [-0.1, -0.05) is 32.0 Å². The molecule has 1 aromatic carbocycles. The second kappa shape index (κ2) is 22.9. The number of hydrogen-bond donors (Lipinski definition) is 8. The van der Waals surface area contributed by atoms with E-state index in [1.165, 1.54) is 43.1 Å². The second-order valence-corrected chi connectivity index (χ2v) is 15.6. The maximum absolute atomic E-state index is 14.0. The third kappa shape index (κ3) is 14.8. The minimum atomic E-state index is -4.73. The highest BCUT2D eigenvalue weighted by atomic mass is 31.2. The predicted octanol–water partition coefficient (Wildman–Crippen LogP) is -0.667.